The fourth-order valence-corrected chi connectivity index (χ4v) is 2.71. The molecule has 1 N–H and O–H groups in total. The summed E-state index contributed by atoms with van der Waals surface area (Å²) in [5.41, 5.74) is 4.00. The number of nitrogens with one attached hydrogen (secondary N) is 1. The second-order valence-electron chi connectivity index (χ2n) is 5.99. The molecule has 0 atom stereocenters. The molecule has 0 bridgehead atoms. The zero-order valence-electron chi connectivity index (χ0n) is 14.8. The Morgan fingerprint density at radius 2 is 2.00 bits per heavy atom. The van der Waals surface area contributed by atoms with Crippen LogP contribution in [0, 0.1) is 13.8 Å². The smallest absolute Gasteiger partial charge is 0.226 e. The van der Waals surface area contributed by atoms with E-state index in [1.165, 1.54) is 0 Å². The van der Waals surface area contributed by atoms with Gasteiger partial charge in [-0.2, -0.15) is 15.3 Å². The van der Waals surface area contributed by atoms with Crippen molar-refractivity contribution in [1.29, 1.82) is 0 Å². The van der Waals surface area contributed by atoms with Gasteiger partial charge in [0.2, 0.25) is 5.91 Å². The van der Waals surface area contributed by atoms with Gasteiger partial charge in [-0.25, -0.2) is 0 Å². The van der Waals surface area contributed by atoms with Crippen molar-refractivity contribution in [2.45, 2.75) is 46.8 Å². The van der Waals surface area contributed by atoms with Crippen LogP contribution >= 0.6 is 0 Å². The predicted molar refractivity (Wildman–Crippen MR) is 94.2 cm³/mol. The normalized spacial score (nSPS) is 11.0. The fraction of sp³-hybridized carbons (Fsp3) is 0.412. The summed E-state index contributed by atoms with van der Waals surface area (Å²) in [4.78, 5) is 12.1. The first-order chi connectivity index (χ1) is 12.1. The van der Waals surface area contributed by atoms with Gasteiger partial charge in [0.25, 0.3) is 0 Å². The first kappa shape index (κ1) is 16.9. The number of rotatable bonds is 7. The third kappa shape index (κ3) is 3.96. The van der Waals surface area contributed by atoms with Gasteiger partial charge in [0.15, 0.2) is 0 Å². The van der Waals surface area contributed by atoms with Crippen LogP contribution in [0.1, 0.15) is 30.3 Å². The summed E-state index contributed by atoms with van der Waals surface area (Å²) in [6.07, 6.45) is 7.47. The van der Waals surface area contributed by atoms with Crippen LogP contribution in [-0.4, -0.2) is 35.2 Å². The van der Waals surface area contributed by atoms with Crippen molar-refractivity contribution in [3.8, 4) is 0 Å². The summed E-state index contributed by atoms with van der Waals surface area (Å²) in [6, 6.07) is 1.92. The molecule has 3 aromatic rings. The van der Waals surface area contributed by atoms with E-state index in [0.29, 0.717) is 25.2 Å². The molecule has 8 heteroatoms. The van der Waals surface area contributed by atoms with Crippen molar-refractivity contribution in [3.05, 3.63) is 47.8 Å². The number of aromatic nitrogens is 6. The highest BCUT2D eigenvalue weighted by Crippen LogP contribution is 2.12. The van der Waals surface area contributed by atoms with E-state index in [1.807, 2.05) is 34.7 Å². The second-order valence-corrected chi connectivity index (χ2v) is 5.99. The van der Waals surface area contributed by atoms with Gasteiger partial charge in [-0.1, -0.05) is 0 Å². The molecule has 0 aromatic carbocycles. The Labute approximate surface area is 146 Å². The van der Waals surface area contributed by atoms with Crippen molar-refractivity contribution < 1.29 is 4.79 Å². The molecular weight excluding hydrogens is 318 g/mol. The minimum atomic E-state index is -0.0515. The lowest BCUT2D eigenvalue weighted by Gasteiger charge is -2.05. The monoisotopic (exact) mass is 341 g/mol. The van der Waals surface area contributed by atoms with E-state index in [9.17, 15) is 4.79 Å². The molecule has 1 amide bonds. The van der Waals surface area contributed by atoms with Crippen LogP contribution in [-0.2, 0) is 24.4 Å². The third-order valence-electron chi connectivity index (χ3n) is 4.23. The maximum Gasteiger partial charge on any atom is 0.226 e. The fourth-order valence-electron chi connectivity index (χ4n) is 2.71. The van der Waals surface area contributed by atoms with Crippen molar-refractivity contribution in [3.63, 3.8) is 0 Å². The van der Waals surface area contributed by atoms with E-state index in [0.717, 1.165) is 23.5 Å². The Morgan fingerprint density at radius 3 is 2.68 bits per heavy atom. The standard InChI is InChI=1S/C17H23N7O/c1-4-23-14(3)15(9-20-23)11-22-12-16(10-19-22)21-17(25)6-8-24-13(2)5-7-18-24/h5,7,9-10,12H,4,6,8,11H2,1-3H3,(H,21,25). The highest BCUT2D eigenvalue weighted by atomic mass is 16.1. The molecule has 0 aliphatic carbocycles. The largest absolute Gasteiger partial charge is 0.323 e. The Hall–Kier alpha value is -2.90. The first-order valence-electron chi connectivity index (χ1n) is 8.39. The molecule has 25 heavy (non-hydrogen) atoms. The lowest BCUT2D eigenvalue weighted by atomic mass is 10.2. The molecule has 3 aromatic heterocycles. The van der Waals surface area contributed by atoms with E-state index < -0.39 is 0 Å². The van der Waals surface area contributed by atoms with Crippen LogP contribution < -0.4 is 5.32 Å². The van der Waals surface area contributed by atoms with Gasteiger partial charge in [-0.05, 0) is 26.8 Å². The average molecular weight is 341 g/mol. The second kappa shape index (κ2) is 7.33. The molecule has 3 heterocycles. The molecular formula is C17H23N7O. The van der Waals surface area contributed by atoms with Crippen molar-refractivity contribution in [2.24, 2.45) is 0 Å². The van der Waals surface area contributed by atoms with Crippen LogP contribution in [0.25, 0.3) is 0 Å². The quantitative estimate of drug-likeness (QED) is 0.712. The van der Waals surface area contributed by atoms with Crippen molar-refractivity contribution in [1.82, 2.24) is 29.3 Å². The molecule has 0 aliphatic heterocycles. The number of amides is 1. The Balaban J connectivity index is 1.55. The lowest BCUT2D eigenvalue weighted by Crippen LogP contribution is -2.15. The molecule has 0 aliphatic rings. The van der Waals surface area contributed by atoms with Crippen molar-refractivity contribution in [2.75, 3.05) is 5.32 Å². The molecule has 0 saturated heterocycles. The number of nitrogens with zero attached hydrogens (tertiary/aromatic N) is 6. The van der Waals surface area contributed by atoms with E-state index in [2.05, 4.69) is 34.5 Å². The van der Waals surface area contributed by atoms with E-state index in [-0.39, 0.29) is 5.91 Å². The number of carbonyl (C=O) groups excluding carboxylic acids is 1. The Morgan fingerprint density at radius 1 is 1.16 bits per heavy atom. The minimum Gasteiger partial charge on any atom is -0.323 e. The van der Waals surface area contributed by atoms with E-state index in [4.69, 9.17) is 0 Å². The molecule has 0 spiro atoms. The van der Waals surface area contributed by atoms with Gasteiger partial charge in [0.05, 0.1) is 24.6 Å². The highest BCUT2D eigenvalue weighted by Gasteiger charge is 2.09. The van der Waals surface area contributed by atoms with Gasteiger partial charge in [-0.3, -0.25) is 18.8 Å². The molecule has 0 fully saturated rings. The van der Waals surface area contributed by atoms with Crippen LogP contribution in [0.15, 0.2) is 30.9 Å². The van der Waals surface area contributed by atoms with Gasteiger partial charge in [0, 0.05) is 48.9 Å². The van der Waals surface area contributed by atoms with Gasteiger partial charge < -0.3 is 5.32 Å². The maximum atomic E-state index is 12.1. The molecule has 132 valence electrons. The Bertz CT molecular complexity index is 858. The summed E-state index contributed by atoms with van der Waals surface area (Å²) in [7, 11) is 0. The predicted octanol–water partition coefficient (Wildman–Crippen LogP) is 1.99. The van der Waals surface area contributed by atoms with E-state index >= 15 is 0 Å². The molecule has 8 nitrogen and oxygen atoms in total. The topological polar surface area (TPSA) is 82.6 Å². The summed E-state index contributed by atoms with van der Waals surface area (Å²) < 4.78 is 5.58. The van der Waals surface area contributed by atoms with Gasteiger partial charge >= 0.3 is 0 Å². The molecule has 0 radical (unpaired) electrons. The number of hydrogen-bond donors (Lipinski definition) is 1. The SMILES string of the molecule is CCn1ncc(Cn2cc(NC(=O)CCn3nccc3C)cn2)c1C. The van der Waals surface area contributed by atoms with Gasteiger partial charge in [-0.15, -0.1) is 0 Å². The van der Waals surface area contributed by atoms with Crippen LogP contribution in [0.4, 0.5) is 5.69 Å². The zero-order chi connectivity index (χ0) is 17.8. The number of anilines is 1. The summed E-state index contributed by atoms with van der Waals surface area (Å²) >= 11 is 0. The summed E-state index contributed by atoms with van der Waals surface area (Å²) in [5.74, 6) is -0.0515. The van der Waals surface area contributed by atoms with Crippen LogP contribution in [0.3, 0.4) is 0 Å². The summed E-state index contributed by atoms with van der Waals surface area (Å²) in [5, 5.41) is 15.7. The lowest BCUT2D eigenvalue weighted by molar-refractivity contribution is -0.116. The molecule has 0 unspecified atom stereocenters. The van der Waals surface area contributed by atoms with Gasteiger partial charge in [0.1, 0.15) is 0 Å². The first-order valence-corrected chi connectivity index (χ1v) is 8.39. The highest BCUT2D eigenvalue weighted by molar-refractivity contribution is 5.90. The number of carbonyl (C=O) groups is 1. The maximum absolute atomic E-state index is 12.1. The van der Waals surface area contributed by atoms with E-state index in [1.54, 1.807) is 17.1 Å². The van der Waals surface area contributed by atoms with Crippen LogP contribution in [0.2, 0.25) is 0 Å². The third-order valence-corrected chi connectivity index (χ3v) is 4.23. The number of aryl methyl sites for hydroxylation is 3. The van der Waals surface area contributed by atoms with Crippen LogP contribution in [0.5, 0.6) is 0 Å². The zero-order valence-corrected chi connectivity index (χ0v) is 14.8. The molecule has 3 rings (SSSR count). The summed E-state index contributed by atoms with van der Waals surface area (Å²) in [6.45, 7) is 8.13. The van der Waals surface area contributed by atoms with Crippen molar-refractivity contribution >= 4 is 11.6 Å². The Kier molecular flexibility index (Phi) is 4.97. The minimum absolute atomic E-state index is 0.0515. The molecule has 0 saturated carbocycles. The number of hydrogen-bond acceptors (Lipinski definition) is 4. The average Bonchev–Trinajstić information content (AvgIpc) is 3.29.